The van der Waals surface area contributed by atoms with Crippen molar-refractivity contribution in [2.45, 2.75) is 84.5 Å². The van der Waals surface area contributed by atoms with E-state index in [-0.39, 0.29) is 0 Å². The number of rotatable bonds is 11. The quantitative estimate of drug-likeness (QED) is 0.294. The SMILES string of the molecule is [CH2]CCCC(C)=CCCCCCCCCC. The van der Waals surface area contributed by atoms with Gasteiger partial charge in [-0.25, -0.2) is 0 Å². The van der Waals surface area contributed by atoms with E-state index in [1.165, 1.54) is 64.2 Å². The van der Waals surface area contributed by atoms with Crippen molar-refractivity contribution in [1.29, 1.82) is 0 Å². The minimum absolute atomic E-state index is 1.07. The van der Waals surface area contributed by atoms with Crippen molar-refractivity contribution in [3.05, 3.63) is 18.6 Å². The molecular formula is C16H31. The summed E-state index contributed by atoms with van der Waals surface area (Å²) < 4.78 is 0. The first kappa shape index (κ1) is 15.7. The molecule has 0 saturated carbocycles. The molecule has 0 N–H and O–H groups in total. The lowest BCUT2D eigenvalue weighted by molar-refractivity contribution is 0.591. The van der Waals surface area contributed by atoms with Crippen molar-refractivity contribution in [3.63, 3.8) is 0 Å². The molecule has 0 spiro atoms. The molecule has 0 heteroatoms. The van der Waals surface area contributed by atoms with Gasteiger partial charge in [0.1, 0.15) is 0 Å². The Labute approximate surface area is 104 Å². The number of allylic oxidation sites excluding steroid dienone is 2. The zero-order valence-electron chi connectivity index (χ0n) is 11.6. The summed E-state index contributed by atoms with van der Waals surface area (Å²) in [5.41, 5.74) is 1.56. The van der Waals surface area contributed by atoms with E-state index in [0.29, 0.717) is 0 Å². The predicted molar refractivity (Wildman–Crippen MR) is 75.6 cm³/mol. The molecule has 0 amide bonds. The summed E-state index contributed by atoms with van der Waals surface area (Å²) in [5, 5.41) is 0. The molecule has 0 rings (SSSR count). The van der Waals surface area contributed by atoms with E-state index in [2.05, 4.69) is 26.8 Å². The zero-order chi connectivity index (χ0) is 12.1. The monoisotopic (exact) mass is 223 g/mol. The molecule has 0 saturated heterocycles. The van der Waals surface area contributed by atoms with Gasteiger partial charge in [0.2, 0.25) is 0 Å². The summed E-state index contributed by atoms with van der Waals surface area (Å²) in [5.74, 6) is 0. The van der Waals surface area contributed by atoms with Crippen LogP contribution in [0.1, 0.15) is 84.5 Å². The normalized spacial score (nSPS) is 12.1. The van der Waals surface area contributed by atoms with Gasteiger partial charge in [-0.3, -0.25) is 0 Å². The zero-order valence-corrected chi connectivity index (χ0v) is 11.6. The highest BCUT2D eigenvalue weighted by Gasteiger charge is 1.91. The van der Waals surface area contributed by atoms with E-state index in [9.17, 15) is 0 Å². The van der Waals surface area contributed by atoms with Crippen molar-refractivity contribution < 1.29 is 0 Å². The average Bonchev–Trinajstić information content (AvgIpc) is 2.30. The van der Waals surface area contributed by atoms with Gasteiger partial charge in [-0.2, -0.15) is 0 Å². The molecule has 0 aromatic carbocycles. The van der Waals surface area contributed by atoms with Crippen LogP contribution in [0.3, 0.4) is 0 Å². The molecule has 0 fully saturated rings. The highest BCUT2D eigenvalue weighted by molar-refractivity contribution is 4.97. The molecule has 0 aromatic rings. The van der Waals surface area contributed by atoms with Crippen LogP contribution in [0.15, 0.2) is 11.6 Å². The van der Waals surface area contributed by atoms with Crippen molar-refractivity contribution in [2.24, 2.45) is 0 Å². The molecule has 0 aliphatic heterocycles. The summed E-state index contributed by atoms with van der Waals surface area (Å²) in [6, 6.07) is 0. The maximum atomic E-state index is 3.88. The van der Waals surface area contributed by atoms with Crippen LogP contribution in [-0.4, -0.2) is 0 Å². The van der Waals surface area contributed by atoms with E-state index in [1.54, 1.807) is 5.57 Å². The summed E-state index contributed by atoms with van der Waals surface area (Å²) in [4.78, 5) is 0. The van der Waals surface area contributed by atoms with Gasteiger partial charge in [-0.05, 0) is 32.6 Å². The second kappa shape index (κ2) is 12.8. The molecule has 0 aliphatic carbocycles. The van der Waals surface area contributed by atoms with Crippen molar-refractivity contribution in [3.8, 4) is 0 Å². The van der Waals surface area contributed by atoms with Gasteiger partial charge in [-0.15, -0.1) is 0 Å². The van der Waals surface area contributed by atoms with Crippen LogP contribution in [-0.2, 0) is 0 Å². The molecule has 0 aromatic heterocycles. The van der Waals surface area contributed by atoms with E-state index < -0.39 is 0 Å². The molecule has 16 heavy (non-hydrogen) atoms. The fourth-order valence-corrected chi connectivity index (χ4v) is 1.96. The van der Waals surface area contributed by atoms with Crippen LogP contribution in [0.2, 0.25) is 0 Å². The lowest BCUT2D eigenvalue weighted by Crippen LogP contribution is -1.81. The van der Waals surface area contributed by atoms with Gasteiger partial charge in [0, 0.05) is 0 Å². The van der Waals surface area contributed by atoms with Gasteiger partial charge in [0.25, 0.3) is 0 Å². The molecule has 0 nitrogen and oxygen atoms in total. The van der Waals surface area contributed by atoms with E-state index in [0.717, 1.165) is 6.42 Å². The second-order valence-electron chi connectivity index (χ2n) is 4.92. The van der Waals surface area contributed by atoms with Crippen LogP contribution in [0.25, 0.3) is 0 Å². The summed E-state index contributed by atoms with van der Waals surface area (Å²) in [7, 11) is 0. The van der Waals surface area contributed by atoms with Gasteiger partial charge in [0.05, 0.1) is 0 Å². The average molecular weight is 223 g/mol. The molecule has 0 heterocycles. The smallest absolute Gasteiger partial charge is 0.0323 e. The topological polar surface area (TPSA) is 0 Å². The van der Waals surface area contributed by atoms with Gasteiger partial charge in [0.15, 0.2) is 0 Å². The molecule has 0 aliphatic rings. The summed E-state index contributed by atoms with van der Waals surface area (Å²) in [6.45, 7) is 8.41. The van der Waals surface area contributed by atoms with Crippen LogP contribution in [0.5, 0.6) is 0 Å². The lowest BCUT2D eigenvalue weighted by Gasteiger charge is -2.01. The van der Waals surface area contributed by atoms with Gasteiger partial charge < -0.3 is 0 Å². The first-order valence-corrected chi connectivity index (χ1v) is 7.26. The lowest BCUT2D eigenvalue weighted by atomic mass is 10.1. The van der Waals surface area contributed by atoms with Crippen molar-refractivity contribution >= 4 is 0 Å². The maximum Gasteiger partial charge on any atom is -0.0323 e. The molecule has 0 atom stereocenters. The Kier molecular flexibility index (Phi) is 12.6. The minimum Gasteiger partial charge on any atom is -0.0856 e. The minimum atomic E-state index is 1.07. The van der Waals surface area contributed by atoms with Crippen LogP contribution in [0, 0.1) is 6.92 Å². The second-order valence-corrected chi connectivity index (χ2v) is 4.92. The van der Waals surface area contributed by atoms with Crippen LogP contribution in [0.4, 0.5) is 0 Å². The third-order valence-electron chi connectivity index (χ3n) is 3.12. The van der Waals surface area contributed by atoms with Crippen LogP contribution >= 0.6 is 0 Å². The number of hydrogen-bond acceptors (Lipinski definition) is 0. The van der Waals surface area contributed by atoms with Crippen molar-refractivity contribution in [1.82, 2.24) is 0 Å². The Morgan fingerprint density at radius 1 is 0.938 bits per heavy atom. The largest absolute Gasteiger partial charge is 0.0856 e. The van der Waals surface area contributed by atoms with E-state index in [1.807, 2.05) is 0 Å². The number of unbranched alkanes of at least 4 members (excludes halogenated alkanes) is 8. The summed E-state index contributed by atoms with van der Waals surface area (Å²) >= 11 is 0. The summed E-state index contributed by atoms with van der Waals surface area (Å²) in [6.07, 6.45) is 17.2. The Balaban J connectivity index is 3.18. The van der Waals surface area contributed by atoms with E-state index >= 15 is 0 Å². The first-order chi connectivity index (χ1) is 7.81. The third kappa shape index (κ3) is 11.8. The number of hydrogen-bond donors (Lipinski definition) is 0. The van der Waals surface area contributed by atoms with Crippen LogP contribution < -0.4 is 0 Å². The van der Waals surface area contributed by atoms with Gasteiger partial charge in [-0.1, -0.05) is 70.4 Å². The predicted octanol–water partition coefficient (Wildman–Crippen LogP) is 6.08. The molecule has 0 unspecified atom stereocenters. The van der Waals surface area contributed by atoms with Crippen molar-refractivity contribution in [2.75, 3.05) is 0 Å². The Morgan fingerprint density at radius 3 is 2.19 bits per heavy atom. The Morgan fingerprint density at radius 2 is 1.56 bits per heavy atom. The molecule has 1 radical (unpaired) electrons. The van der Waals surface area contributed by atoms with E-state index in [4.69, 9.17) is 0 Å². The van der Waals surface area contributed by atoms with Gasteiger partial charge >= 0.3 is 0 Å². The standard InChI is InChI=1S/C16H31/c1-4-6-8-9-10-11-12-13-15-16(3)14-7-5-2/h15H,2,4-14H2,1,3H3. The highest BCUT2D eigenvalue weighted by atomic mass is 14.0. The first-order valence-electron chi connectivity index (χ1n) is 7.26. The molecule has 95 valence electrons. The third-order valence-corrected chi connectivity index (χ3v) is 3.12. The molecular weight excluding hydrogens is 192 g/mol. The Bertz CT molecular complexity index is 155. The Hall–Kier alpha value is -0.260. The molecule has 0 bridgehead atoms. The maximum absolute atomic E-state index is 3.88. The fraction of sp³-hybridized carbons (Fsp3) is 0.812. The fourth-order valence-electron chi connectivity index (χ4n) is 1.96. The highest BCUT2D eigenvalue weighted by Crippen LogP contribution is 2.11.